The van der Waals surface area contributed by atoms with E-state index in [9.17, 15) is 4.39 Å². The molecule has 78 valence electrons. The molecule has 0 aliphatic carbocycles. The van der Waals surface area contributed by atoms with Crippen LogP contribution in [0.15, 0.2) is 12.1 Å². The summed E-state index contributed by atoms with van der Waals surface area (Å²) in [6.07, 6.45) is 0. The van der Waals surface area contributed by atoms with Crippen LogP contribution in [0.3, 0.4) is 0 Å². The summed E-state index contributed by atoms with van der Waals surface area (Å²) in [6.45, 7) is 5.48. The molecule has 0 atom stereocenters. The van der Waals surface area contributed by atoms with Crippen LogP contribution in [0.2, 0.25) is 0 Å². The third-order valence-corrected chi connectivity index (χ3v) is 1.97. The summed E-state index contributed by atoms with van der Waals surface area (Å²) in [5.74, 6) is 1.31. The second-order valence-corrected chi connectivity index (χ2v) is 3.07. The number of aryl methyl sites for hydroxylation is 1. The minimum atomic E-state index is -0.810. The van der Waals surface area contributed by atoms with Crippen molar-refractivity contribution >= 4 is 0 Å². The van der Waals surface area contributed by atoms with E-state index >= 15 is 0 Å². The average Bonchev–Trinajstić information content (AvgIpc) is 2.14. The van der Waals surface area contributed by atoms with Crippen molar-refractivity contribution in [1.82, 2.24) is 0 Å². The Morgan fingerprint density at radius 2 is 1.71 bits per heavy atom. The molecule has 0 aliphatic heterocycles. The summed E-state index contributed by atoms with van der Waals surface area (Å²) in [5, 5.41) is 0. The van der Waals surface area contributed by atoms with Crippen LogP contribution in [0.1, 0.15) is 18.1 Å². The molecule has 0 heterocycles. The molecule has 14 heavy (non-hydrogen) atoms. The molecule has 3 heteroatoms. The first-order valence-corrected chi connectivity index (χ1v) is 4.61. The summed E-state index contributed by atoms with van der Waals surface area (Å²) in [4.78, 5) is 0. The van der Waals surface area contributed by atoms with Crippen LogP contribution in [-0.4, -0.2) is 13.5 Å². The molecule has 1 aromatic carbocycles. The van der Waals surface area contributed by atoms with Crippen molar-refractivity contribution in [3.8, 4) is 11.5 Å². The van der Waals surface area contributed by atoms with Gasteiger partial charge in [0.05, 0.1) is 6.61 Å². The predicted octanol–water partition coefficient (Wildman–Crippen LogP) is 3.01. The van der Waals surface area contributed by atoms with E-state index in [2.05, 4.69) is 0 Å². The molecular weight excluding hydrogens is 183 g/mol. The van der Waals surface area contributed by atoms with Crippen LogP contribution in [-0.2, 0) is 0 Å². The molecule has 1 aromatic rings. The van der Waals surface area contributed by atoms with Crippen molar-refractivity contribution in [1.29, 1.82) is 0 Å². The molecule has 2 nitrogen and oxygen atoms in total. The van der Waals surface area contributed by atoms with Crippen molar-refractivity contribution in [2.24, 2.45) is 0 Å². The highest BCUT2D eigenvalue weighted by Gasteiger charge is 2.07. The van der Waals surface area contributed by atoms with Crippen LogP contribution in [0.4, 0.5) is 4.39 Å². The number of hydrogen-bond acceptors (Lipinski definition) is 2. The van der Waals surface area contributed by atoms with E-state index in [-0.39, 0.29) is 0 Å². The van der Waals surface area contributed by atoms with E-state index in [1.165, 1.54) is 0 Å². The van der Waals surface area contributed by atoms with Crippen LogP contribution in [0.5, 0.6) is 11.5 Å². The maximum Gasteiger partial charge on any atom is 0.228 e. The molecule has 0 saturated carbocycles. The lowest BCUT2D eigenvalue weighted by Gasteiger charge is -2.12. The Morgan fingerprint density at radius 1 is 1.14 bits per heavy atom. The molecule has 0 bridgehead atoms. The maximum absolute atomic E-state index is 12.0. The molecule has 0 aliphatic rings. The van der Waals surface area contributed by atoms with Gasteiger partial charge in [-0.3, -0.25) is 0 Å². The van der Waals surface area contributed by atoms with Gasteiger partial charge in [-0.25, -0.2) is 4.39 Å². The minimum absolute atomic E-state index is 0.552. The van der Waals surface area contributed by atoms with E-state index in [0.717, 1.165) is 16.9 Å². The van der Waals surface area contributed by atoms with Gasteiger partial charge in [-0.15, -0.1) is 0 Å². The molecule has 0 unspecified atom stereocenters. The highest BCUT2D eigenvalue weighted by molar-refractivity contribution is 5.46. The van der Waals surface area contributed by atoms with Gasteiger partial charge in [0, 0.05) is 5.56 Å². The normalized spacial score (nSPS) is 10.0. The molecule has 0 spiro atoms. The Hall–Kier alpha value is -1.25. The van der Waals surface area contributed by atoms with Crippen molar-refractivity contribution in [3.63, 3.8) is 0 Å². The first-order chi connectivity index (χ1) is 6.69. The van der Waals surface area contributed by atoms with Crippen molar-refractivity contribution in [2.45, 2.75) is 20.8 Å². The molecule has 0 N–H and O–H groups in total. The van der Waals surface area contributed by atoms with Crippen LogP contribution < -0.4 is 9.47 Å². The van der Waals surface area contributed by atoms with Gasteiger partial charge in [0.25, 0.3) is 0 Å². The number of benzene rings is 1. The lowest BCUT2D eigenvalue weighted by molar-refractivity contribution is 0.189. The molecule has 0 aromatic heterocycles. The largest absolute Gasteiger partial charge is 0.493 e. The lowest BCUT2D eigenvalue weighted by Crippen LogP contribution is -1.99. The topological polar surface area (TPSA) is 18.5 Å². The zero-order chi connectivity index (χ0) is 10.6. The molecule has 0 saturated heterocycles. The number of hydrogen-bond donors (Lipinski definition) is 0. The summed E-state index contributed by atoms with van der Waals surface area (Å²) in [7, 11) is 0. The molecule has 1 rings (SSSR count). The second-order valence-electron chi connectivity index (χ2n) is 3.07. The predicted molar refractivity (Wildman–Crippen MR) is 53.7 cm³/mol. The fourth-order valence-electron chi connectivity index (χ4n) is 1.31. The van der Waals surface area contributed by atoms with Gasteiger partial charge in [-0.2, -0.15) is 0 Å². The number of rotatable bonds is 4. The van der Waals surface area contributed by atoms with Gasteiger partial charge in [0.1, 0.15) is 11.5 Å². The zero-order valence-corrected chi connectivity index (χ0v) is 8.76. The van der Waals surface area contributed by atoms with Gasteiger partial charge < -0.3 is 9.47 Å². The number of ether oxygens (including phenoxy) is 2. The van der Waals surface area contributed by atoms with Gasteiger partial charge in [-0.05, 0) is 38.5 Å². The molecular formula is C11H15FO2. The molecule has 0 amide bonds. The van der Waals surface area contributed by atoms with Crippen molar-refractivity contribution < 1.29 is 13.9 Å². The third-order valence-electron chi connectivity index (χ3n) is 1.97. The summed E-state index contributed by atoms with van der Waals surface area (Å²) in [5.41, 5.74) is 1.85. The summed E-state index contributed by atoms with van der Waals surface area (Å²) >= 11 is 0. The monoisotopic (exact) mass is 198 g/mol. The quantitative estimate of drug-likeness (QED) is 0.740. The van der Waals surface area contributed by atoms with Crippen LogP contribution in [0.25, 0.3) is 0 Å². The van der Waals surface area contributed by atoms with Gasteiger partial charge in [0.15, 0.2) is 0 Å². The standard InChI is InChI=1S/C11H15FO2/c1-4-13-10-5-8(2)6-11(9(10)3)14-7-12/h5-6H,4,7H2,1-3H3. The number of alkyl halides is 1. The third kappa shape index (κ3) is 2.37. The number of halogens is 1. The highest BCUT2D eigenvalue weighted by Crippen LogP contribution is 2.29. The SMILES string of the molecule is CCOc1cc(C)cc(OCF)c1C. The highest BCUT2D eigenvalue weighted by atomic mass is 19.1. The van der Waals surface area contributed by atoms with E-state index < -0.39 is 6.86 Å². The van der Waals surface area contributed by atoms with E-state index in [4.69, 9.17) is 9.47 Å². The lowest BCUT2D eigenvalue weighted by atomic mass is 10.1. The van der Waals surface area contributed by atoms with Gasteiger partial charge >= 0.3 is 0 Å². The van der Waals surface area contributed by atoms with E-state index in [0.29, 0.717) is 12.4 Å². The second kappa shape index (κ2) is 4.84. The zero-order valence-electron chi connectivity index (χ0n) is 8.76. The molecule has 0 radical (unpaired) electrons. The smallest absolute Gasteiger partial charge is 0.228 e. The first-order valence-electron chi connectivity index (χ1n) is 4.61. The Morgan fingerprint density at radius 3 is 2.21 bits per heavy atom. The van der Waals surface area contributed by atoms with Crippen LogP contribution in [0, 0.1) is 13.8 Å². The Labute approximate surface area is 83.6 Å². The Kier molecular flexibility index (Phi) is 3.74. The summed E-state index contributed by atoms with van der Waals surface area (Å²) < 4.78 is 22.3. The first kappa shape index (κ1) is 10.8. The Bertz CT molecular complexity index is 283. The van der Waals surface area contributed by atoms with Crippen molar-refractivity contribution in [3.05, 3.63) is 23.3 Å². The summed E-state index contributed by atoms with van der Waals surface area (Å²) in [6, 6.07) is 3.72. The van der Waals surface area contributed by atoms with E-state index in [1.807, 2.05) is 26.8 Å². The van der Waals surface area contributed by atoms with Gasteiger partial charge in [0.2, 0.25) is 6.86 Å². The fourth-order valence-corrected chi connectivity index (χ4v) is 1.31. The minimum Gasteiger partial charge on any atom is -0.493 e. The maximum atomic E-state index is 12.0. The van der Waals surface area contributed by atoms with E-state index in [1.54, 1.807) is 6.07 Å². The van der Waals surface area contributed by atoms with Gasteiger partial charge in [-0.1, -0.05) is 0 Å². The molecule has 0 fully saturated rings. The Balaban J connectivity index is 3.04. The van der Waals surface area contributed by atoms with Crippen LogP contribution >= 0.6 is 0 Å². The average molecular weight is 198 g/mol. The fraction of sp³-hybridized carbons (Fsp3) is 0.455. The van der Waals surface area contributed by atoms with Crippen molar-refractivity contribution in [2.75, 3.05) is 13.5 Å².